The predicted molar refractivity (Wildman–Crippen MR) is 103 cm³/mol. The fourth-order valence-corrected chi connectivity index (χ4v) is 3.56. The van der Waals surface area contributed by atoms with Gasteiger partial charge in [-0.1, -0.05) is 24.3 Å². The SMILES string of the molecule is Cc1ccc(F)c(-c2ccccc2C2=CN3C(=NC(C)C3C(N)=O)C=C2)n1. The number of amidine groups is 1. The van der Waals surface area contributed by atoms with Crippen molar-refractivity contribution in [3.05, 3.63) is 71.8 Å². The van der Waals surface area contributed by atoms with Crippen LogP contribution >= 0.6 is 0 Å². The van der Waals surface area contributed by atoms with Crippen molar-refractivity contribution >= 4 is 17.3 Å². The van der Waals surface area contributed by atoms with Crippen LogP contribution in [-0.4, -0.2) is 33.7 Å². The van der Waals surface area contributed by atoms with Gasteiger partial charge in [-0.25, -0.2) is 4.39 Å². The Morgan fingerprint density at radius 1 is 1.15 bits per heavy atom. The third-order valence-electron chi connectivity index (χ3n) is 4.82. The average Bonchev–Trinajstić information content (AvgIpc) is 2.98. The summed E-state index contributed by atoms with van der Waals surface area (Å²) in [6.07, 6.45) is 5.62. The highest BCUT2D eigenvalue weighted by atomic mass is 19.1. The van der Waals surface area contributed by atoms with Crippen LogP contribution in [0.3, 0.4) is 0 Å². The number of carbonyl (C=O) groups excluding carboxylic acids is 1. The van der Waals surface area contributed by atoms with Crippen molar-refractivity contribution < 1.29 is 9.18 Å². The summed E-state index contributed by atoms with van der Waals surface area (Å²) < 4.78 is 14.4. The van der Waals surface area contributed by atoms with Gasteiger partial charge in [0.15, 0.2) is 0 Å². The number of hydrogen-bond donors (Lipinski definition) is 1. The number of aliphatic imine (C=N–C) groups is 1. The molecule has 2 aromatic rings. The summed E-state index contributed by atoms with van der Waals surface area (Å²) >= 11 is 0. The van der Waals surface area contributed by atoms with Crippen molar-refractivity contribution in [2.75, 3.05) is 0 Å². The normalized spacial score (nSPS) is 20.9. The van der Waals surface area contributed by atoms with Crippen molar-refractivity contribution in [3.8, 4) is 11.3 Å². The minimum atomic E-state index is -0.527. The number of primary amides is 1. The van der Waals surface area contributed by atoms with Gasteiger partial charge < -0.3 is 10.6 Å². The van der Waals surface area contributed by atoms with E-state index in [2.05, 4.69) is 9.98 Å². The highest BCUT2D eigenvalue weighted by Crippen LogP contribution is 2.33. The number of fused-ring (bicyclic) bond motifs is 1. The summed E-state index contributed by atoms with van der Waals surface area (Å²) in [6.45, 7) is 3.69. The van der Waals surface area contributed by atoms with E-state index in [1.807, 2.05) is 56.5 Å². The number of pyridine rings is 1. The summed E-state index contributed by atoms with van der Waals surface area (Å²) in [5, 5.41) is 0. The topological polar surface area (TPSA) is 71.6 Å². The average molecular weight is 362 g/mol. The maximum absolute atomic E-state index is 14.4. The first kappa shape index (κ1) is 17.1. The van der Waals surface area contributed by atoms with E-state index < -0.39 is 11.9 Å². The van der Waals surface area contributed by atoms with E-state index in [1.165, 1.54) is 6.07 Å². The molecule has 3 heterocycles. The molecule has 1 aromatic carbocycles. The van der Waals surface area contributed by atoms with Gasteiger partial charge in [0.05, 0.1) is 6.04 Å². The Morgan fingerprint density at radius 2 is 1.89 bits per heavy atom. The number of rotatable bonds is 3. The molecule has 2 atom stereocenters. The molecule has 2 aliphatic heterocycles. The second-order valence-corrected chi connectivity index (χ2v) is 6.73. The third-order valence-corrected chi connectivity index (χ3v) is 4.82. The number of nitrogens with zero attached hydrogens (tertiary/aromatic N) is 3. The van der Waals surface area contributed by atoms with Crippen molar-refractivity contribution in [2.45, 2.75) is 25.9 Å². The van der Waals surface area contributed by atoms with Crippen molar-refractivity contribution in [3.63, 3.8) is 0 Å². The first-order chi connectivity index (χ1) is 13.0. The second kappa shape index (κ2) is 6.46. The minimum absolute atomic E-state index is 0.219. The Kier molecular flexibility index (Phi) is 4.11. The van der Waals surface area contributed by atoms with Crippen LogP contribution in [0.25, 0.3) is 16.8 Å². The van der Waals surface area contributed by atoms with Crippen LogP contribution in [-0.2, 0) is 4.79 Å². The summed E-state index contributed by atoms with van der Waals surface area (Å²) in [4.78, 5) is 22.5. The number of aryl methyl sites for hydroxylation is 1. The number of hydrogen-bond acceptors (Lipinski definition) is 4. The molecular weight excluding hydrogens is 343 g/mol. The molecular formula is C21H19FN4O. The van der Waals surface area contributed by atoms with Crippen molar-refractivity contribution in [1.29, 1.82) is 0 Å². The molecule has 0 spiro atoms. The van der Waals surface area contributed by atoms with Crippen molar-refractivity contribution in [1.82, 2.24) is 9.88 Å². The lowest BCUT2D eigenvalue weighted by molar-refractivity contribution is -0.121. The van der Waals surface area contributed by atoms with Gasteiger partial charge in [0, 0.05) is 17.5 Å². The standard InChI is InChI=1S/C21H19FN4O/c1-12-7-9-17(22)19(24-12)16-6-4-3-5-15(16)14-8-10-18-25-13(2)20(21(23)27)26(18)11-14/h3-11,13,20H,1-2H3,(H2,23,27). The Hall–Kier alpha value is -3.28. The molecule has 6 heteroatoms. The van der Waals surface area contributed by atoms with Gasteiger partial charge in [0.25, 0.3) is 0 Å². The molecule has 0 aliphatic carbocycles. The van der Waals surface area contributed by atoms with Crippen LogP contribution in [0.5, 0.6) is 0 Å². The molecule has 0 radical (unpaired) electrons. The Labute approximate surface area is 156 Å². The molecule has 5 nitrogen and oxygen atoms in total. The lowest BCUT2D eigenvalue weighted by Crippen LogP contribution is -2.45. The first-order valence-corrected chi connectivity index (χ1v) is 8.74. The second-order valence-electron chi connectivity index (χ2n) is 6.73. The van der Waals surface area contributed by atoms with Gasteiger partial charge in [-0.3, -0.25) is 14.8 Å². The van der Waals surface area contributed by atoms with E-state index in [0.29, 0.717) is 17.1 Å². The van der Waals surface area contributed by atoms with Gasteiger partial charge >= 0.3 is 0 Å². The quantitative estimate of drug-likeness (QED) is 0.912. The third kappa shape index (κ3) is 2.93. The van der Waals surface area contributed by atoms with E-state index in [-0.39, 0.29) is 11.9 Å². The summed E-state index contributed by atoms with van der Waals surface area (Å²) in [5.74, 6) is -0.0975. The van der Waals surface area contributed by atoms with Gasteiger partial charge in [-0.2, -0.15) is 0 Å². The number of aromatic nitrogens is 1. The highest BCUT2D eigenvalue weighted by molar-refractivity contribution is 6.05. The van der Waals surface area contributed by atoms with E-state index in [0.717, 1.165) is 16.8 Å². The zero-order valence-electron chi connectivity index (χ0n) is 15.1. The molecule has 0 saturated carbocycles. The van der Waals surface area contributed by atoms with Crippen molar-refractivity contribution in [2.24, 2.45) is 10.7 Å². The molecule has 2 N–H and O–H groups in total. The zero-order chi connectivity index (χ0) is 19.1. The molecule has 136 valence electrons. The Balaban J connectivity index is 1.82. The molecule has 1 aromatic heterocycles. The van der Waals surface area contributed by atoms with Crippen LogP contribution in [0.4, 0.5) is 4.39 Å². The number of halogens is 1. The monoisotopic (exact) mass is 362 g/mol. The van der Waals surface area contributed by atoms with E-state index in [9.17, 15) is 9.18 Å². The Bertz CT molecular complexity index is 1020. The largest absolute Gasteiger partial charge is 0.368 e. The fraction of sp³-hybridized carbons (Fsp3) is 0.190. The smallest absolute Gasteiger partial charge is 0.242 e. The first-order valence-electron chi connectivity index (χ1n) is 8.74. The van der Waals surface area contributed by atoms with Crippen LogP contribution in [0.1, 0.15) is 18.2 Å². The van der Waals surface area contributed by atoms with Gasteiger partial charge in [-0.15, -0.1) is 0 Å². The molecule has 0 bridgehead atoms. The molecule has 2 unspecified atom stereocenters. The number of carbonyl (C=O) groups is 1. The molecule has 4 rings (SSSR count). The molecule has 27 heavy (non-hydrogen) atoms. The lowest BCUT2D eigenvalue weighted by atomic mass is 9.95. The summed E-state index contributed by atoms with van der Waals surface area (Å²) in [7, 11) is 0. The number of nitrogens with two attached hydrogens (primary N) is 1. The van der Waals surface area contributed by atoms with Gasteiger partial charge in [-0.05, 0) is 49.3 Å². The molecule has 2 aliphatic rings. The van der Waals surface area contributed by atoms with Crippen LogP contribution in [0.2, 0.25) is 0 Å². The predicted octanol–water partition coefficient (Wildman–Crippen LogP) is 3.06. The van der Waals surface area contributed by atoms with Crippen LogP contribution in [0, 0.1) is 12.7 Å². The minimum Gasteiger partial charge on any atom is -0.368 e. The number of allylic oxidation sites excluding steroid dienone is 2. The molecule has 1 amide bonds. The van der Waals surface area contributed by atoms with Gasteiger partial charge in [0.2, 0.25) is 5.91 Å². The van der Waals surface area contributed by atoms with E-state index in [4.69, 9.17) is 5.73 Å². The zero-order valence-corrected chi connectivity index (χ0v) is 15.1. The van der Waals surface area contributed by atoms with E-state index in [1.54, 1.807) is 11.0 Å². The maximum atomic E-state index is 14.4. The summed E-state index contributed by atoms with van der Waals surface area (Å²) in [6, 6.07) is 9.83. The molecule has 0 saturated heterocycles. The summed E-state index contributed by atoms with van der Waals surface area (Å²) in [5.41, 5.74) is 8.98. The maximum Gasteiger partial charge on any atom is 0.242 e. The number of amides is 1. The van der Waals surface area contributed by atoms with Crippen LogP contribution < -0.4 is 5.73 Å². The number of benzene rings is 1. The molecule has 0 fully saturated rings. The lowest BCUT2D eigenvalue weighted by Gasteiger charge is -2.26. The van der Waals surface area contributed by atoms with Crippen LogP contribution in [0.15, 0.2) is 59.7 Å². The van der Waals surface area contributed by atoms with E-state index >= 15 is 0 Å². The Morgan fingerprint density at radius 3 is 2.63 bits per heavy atom. The highest BCUT2D eigenvalue weighted by Gasteiger charge is 2.37. The van der Waals surface area contributed by atoms with Gasteiger partial charge in [0.1, 0.15) is 23.4 Å². The fourth-order valence-electron chi connectivity index (χ4n) is 3.56.